The van der Waals surface area contributed by atoms with Crippen molar-refractivity contribution < 1.29 is 9.72 Å². The van der Waals surface area contributed by atoms with Crippen LogP contribution in [-0.2, 0) is 0 Å². The fourth-order valence-corrected chi connectivity index (χ4v) is 2.06. The Balaban J connectivity index is 0.00000180. The summed E-state index contributed by atoms with van der Waals surface area (Å²) < 4.78 is 0. The Morgan fingerprint density at radius 2 is 2.00 bits per heavy atom. The number of carbonyl (C=O) groups excluding carboxylic acids is 1. The number of nitro groups is 1. The van der Waals surface area contributed by atoms with E-state index in [9.17, 15) is 14.9 Å². The van der Waals surface area contributed by atoms with Gasteiger partial charge in [-0.1, -0.05) is 0 Å². The Morgan fingerprint density at radius 3 is 2.53 bits per heavy atom. The molecule has 0 bridgehead atoms. The SMILES string of the molecule is CC(=O)c1ccc(N2CCNCC2)c([N+](=O)[O-])c1.Cl. The van der Waals surface area contributed by atoms with Crippen LogP contribution < -0.4 is 10.2 Å². The van der Waals surface area contributed by atoms with Gasteiger partial charge in [0.05, 0.1) is 4.92 Å². The predicted octanol–water partition coefficient (Wildman–Crippen LogP) is 1.63. The van der Waals surface area contributed by atoms with Crippen molar-refractivity contribution in [2.45, 2.75) is 6.92 Å². The zero-order valence-corrected chi connectivity index (χ0v) is 11.4. The number of piperazine rings is 1. The van der Waals surface area contributed by atoms with Crippen molar-refractivity contribution >= 4 is 29.6 Å². The second-order valence-electron chi connectivity index (χ2n) is 4.25. The number of benzene rings is 1. The Hall–Kier alpha value is -1.66. The predicted molar refractivity (Wildman–Crippen MR) is 75.4 cm³/mol. The summed E-state index contributed by atoms with van der Waals surface area (Å²) in [5.41, 5.74) is 0.969. The van der Waals surface area contributed by atoms with Gasteiger partial charge in [0.25, 0.3) is 5.69 Å². The summed E-state index contributed by atoms with van der Waals surface area (Å²) in [5.74, 6) is -0.162. The topological polar surface area (TPSA) is 75.5 Å². The Bertz CT molecular complexity index is 487. The van der Waals surface area contributed by atoms with Crippen molar-refractivity contribution in [3.63, 3.8) is 0 Å². The van der Waals surface area contributed by atoms with Gasteiger partial charge in [-0.3, -0.25) is 14.9 Å². The number of rotatable bonds is 3. The molecular formula is C12H16ClN3O3. The van der Waals surface area contributed by atoms with Crippen LogP contribution in [0.5, 0.6) is 0 Å². The van der Waals surface area contributed by atoms with Crippen LogP contribution in [0.4, 0.5) is 11.4 Å². The van der Waals surface area contributed by atoms with Crippen LogP contribution in [0.25, 0.3) is 0 Å². The first-order chi connectivity index (χ1) is 8.59. The average Bonchev–Trinajstić information content (AvgIpc) is 2.39. The van der Waals surface area contributed by atoms with Crippen LogP contribution in [0, 0.1) is 10.1 Å². The van der Waals surface area contributed by atoms with Gasteiger partial charge in [-0.15, -0.1) is 12.4 Å². The van der Waals surface area contributed by atoms with E-state index in [2.05, 4.69) is 5.32 Å². The van der Waals surface area contributed by atoms with Gasteiger partial charge in [0, 0.05) is 37.8 Å². The summed E-state index contributed by atoms with van der Waals surface area (Å²) in [6.07, 6.45) is 0. The molecule has 0 spiro atoms. The lowest BCUT2D eigenvalue weighted by Gasteiger charge is -2.29. The minimum atomic E-state index is -0.427. The summed E-state index contributed by atoms with van der Waals surface area (Å²) >= 11 is 0. The number of halogens is 1. The maximum Gasteiger partial charge on any atom is 0.293 e. The minimum absolute atomic E-state index is 0. The second kappa shape index (κ2) is 6.49. The van der Waals surface area contributed by atoms with Crippen molar-refractivity contribution in [3.8, 4) is 0 Å². The molecule has 0 amide bonds. The summed E-state index contributed by atoms with van der Waals surface area (Å²) in [6, 6.07) is 4.67. The van der Waals surface area contributed by atoms with Gasteiger partial charge >= 0.3 is 0 Å². The molecule has 0 saturated carbocycles. The van der Waals surface area contributed by atoms with Gasteiger partial charge in [-0.25, -0.2) is 0 Å². The molecule has 7 heteroatoms. The van der Waals surface area contributed by atoms with Gasteiger partial charge in [-0.2, -0.15) is 0 Å². The van der Waals surface area contributed by atoms with Gasteiger partial charge in [0.2, 0.25) is 0 Å². The molecule has 19 heavy (non-hydrogen) atoms. The maximum absolute atomic E-state index is 11.3. The highest BCUT2D eigenvalue weighted by Crippen LogP contribution is 2.29. The number of ketones is 1. The Kier molecular flexibility index (Phi) is 5.26. The number of nitro benzene ring substituents is 1. The standard InChI is InChI=1S/C12H15N3O3.ClH/c1-9(16)10-2-3-11(12(8-10)15(17)18)14-6-4-13-5-7-14;/h2-3,8,13H,4-7H2,1H3;1H. The summed E-state index contributed by atoms with van der Waals surface area (Å²) in [5, 5.41) is 14.3. The van der Waals surface area contributed by atoms with Gasteiger partial charge in [0.15, 0.2) is 5.78 Å². The Labute approximate surface area is 117 Å². The molecule has 0 atom stereocenters. The number of nitrogens with one attached hydrogen (secondary N) is 1. The molecule has 0 unspecified atom stereocenters. The molecule has 0 aromatic heterocycles. The van der Waals surface area contributed by atoms with Crippen molar-refractivity contribution in [2.24, 2.45) is 0 Å². The average molecular weight is 286 g/mol. The zero-order valence-electron chi connectivity index (χ0n) is 10.6. The fourth-order valence-electron chi connectivity index (χ4n) is 2.06. The molecule has 0 aliphatic carbocycles. The van der Waals surface area contributed by atoms with Crippen molar-refractivity contribution in [1.29, 1.82) is 0 Å². The van der Waals surface area contributed by atoms with Crippen LogP contribution in [0.3, 0.4) is 0 Å². The van der Waals surface area contributed by atoms with Crippen molar-refractivity contribution in [1.82, 2.24) is 5.32 Å². The summed E-state index contributed by atoms with van der Waals surface area (Å²) in [7, 11) is 0. The molecule has 1 fully saturated rings. The van der Waals surface area contributed by atoms with Gasteiger partial charge < -0.3 is 10.2 Å². The first-order valence-electron chi connectivity index (χ1n) is 5.84. The van der Waals surface area contributed by atoms with Crippen LogP contribution in [0.1, 0.15) is 17.3 Å². The van der Waals surface area contributed by atoms with Gasteiger partial charge in [0.1, 0.15) is 5.69 Å². The van der Waals surface area contributed by atoms with E-state index in [-0.39, 0.29) is 23.9 Å². The zero-order chi connectivity index (χ0) is 13.1. The number of Topliss-reactive ketones (excluding diaryl/α,β-unsaturated/α-hetero) is 1. The maximum atomic E-state index is 11.3. The molecule has 1 aromatic rings. The van der Waals surface area contributed by atoms with Crippen LogP contribution in [0.2, 0.25) is 0 Å². The highest BCUT2D eigenvalue weighted by molar-refractivity contribution is 5.95. The highest BCUT2D eigenvalue weighted by atomic mass is 35.5. The normalized spacial score (nSPS) is 14.7. The Morgan fingerprint density at radius 1 is 1.37 bits per heavy atom. The largest absolute Gasteiger partial charge is 0.363 e. The molecule has 1 aliphatic heterocycles. The van der Waals surface area contributed by atoms with E-state index in [0.717, 1.165) is 26.2 Å². The molecule has 1 N–H and O–H groups in total. The lowest BCUT2D eigenvalue weighted by atomic mass is 10.1. The molecule has 6 nitrogen and oxygen atoms in total. The summed E-state index contributed by atoms with van der Waals surface area (Å²) in [4.78, 5) is 23.9. The number of nitrogens with zero attached hydrogens (tertiary/aromatic N) is 2. The molecule has 1 aromatic carbocycles. The summed E-state index contributed by atoms with van der Waals surface area (Å²) in [6.45, 7) is 4.50. The third-order valence-corrected chi connectivity index (χ3v) is 3.04. The van der Waals surface area contributed by atoms with E-state index in [1.165, 1.54) is 13.0 Å². The smallest absolute Gasteiger partial charge is 0.293 e. The molecular weight excluding hydrogens is 270 g/mol. The van der Waals surface area contributed by atoms with E-state index in [1.54, 1.807) is 12.1 Å². The molecule has 104 valence electrons. The molecule has 0 radical (unpaired) electrons. The lowest BCUT2D eigenvalue weighted by molar-refractivity contribution is -0.384. The van der Waals surface area contributed by atoms with Crippen LogP contribution >= 0.6 is 12.4 Å². The number of hydrogen-bond donors (Lipinski definition) is 1. The van der Waals surface area contributed by atoms with Crippen LogP contribution in [-0.4, -0.2) is 36.9 Å². The molecule has 1 heterocycles. The van der Waals surface area contributed by atoms with E-state index in [0.29, 0.717) is 11.3 Å². The third-order valence-electron chi connectivity index (χ3n) is 3.04. The van der Waals surface area contributed by atoms with Crippen molar-refractivity contribution in [2.75, 3.05) is 31.1 Å². The van der Waals surface area contributed by atoms with Gasteiger partial charge in [-0.05, 0) is 19.1 Å². The van der Waals surface area contributed by atoms with E-state index in [1.807, 2.05) is 4.90 Å². The lowest BCUT2D eigenvalue weighted by Crippen LogP contribution is -2.43. The molecule has 1 saturated heterocycles. The molecule has 1 aliphatic rings. The number of hydrogen-bond acceptors (Lipinski definition) is 5. The first kappa shape index (κ1) is 15.4. The quantitative estimate of drug-likeness (QED) is 0.519. The van der Waals surface area contributed by atoms with E-state index < -0.39 is 4.92 Å². The fraction of sp³-hybridized carbons (Fsp3) is 0.417. The minimum Gasteiger partial charge on any atom is -0.363 e. The van der Waals surface area contributed by atoms with Crippen LogP contribution in [0.15, 0.2) is 18.2 Å². The van der Waals surface area contributed by atoms with E-state index in [4.69, 9.17) is 0 Å². The highest BCUT2D eigenvalue weighted by Gasteiger charge is 2.22. The second-order valence-corrected chi connectivity index (χ2v) is 4.25. The first-order valence-corrected chi connectivity index (χ1v) is 5.84. The van der Waals surface area contributed by atoms with Crippen molar-refractivity contribution in [3.05, 3.63) is 33.9 Å². The van der Waals surface area contributed by atoms with E-state index >= 15 is 0 Å². The number of carbonyl (C=O) groups is 1. The molecule has 2 rings (SSSR count). The third kappa shape index (κ3) is 3.42. The number of anilines is 1. The monoisotopic (exact) mass is 285 g/mol.